The number of esters is 2. The molecule has 69 heavy (non-hydrogen) atoms. The summed E-state index contributed by atoms with van der Waals surface area (Å²) in [6.45, 7) is 20.5. The van der Waals surface area contributed by atoms with Crippen molar-refractivity contribution in [2.45, 2.75) is 95.7 Å². The van der Waals surface area contributed by atoms with Crippen molar-refractivity contribution < 1.29 is 28.5 Å². The van der Waals surface area contributed by atoms with E-state index in [0.29, 0.717) is 26.1 Å². The van der Waals surface area contributed by atoms with Gasteiger partial charge in [0.25, 0.3) is 0 Å². The van der Waals surface area contributed by atoms with E-state index in [-0.39, 0.29) is 17.4 Å². The molecule has 0 amide bonds. The third-order valence-electron chi connectivity index (χ3n) is 13.4. The number of carbonyl (C=O) groups excluding carboxylic acids is 2. The lowest BCUT2D eigenvalue weighted by Gasteiger charge is -2.30. The fourth-order valence-electron chi connectivity index (χ4n) is 9.35. The van der Waals surface area contributed by atoms with Crippen molar-refractivity contribution in [3.05, 3.63) is 195 Å². The Kier molecular flexibility index (Phi) is 17.4. The van der Waals surface area contributed by atoms with Crippen LogP contribution in [-0.2, 0) is 24.5 Å². The van der Waals surface area contributed by atoms with Crippen molar-refractivity contribution in [3.8, 4) is 67.1 Å². The summed E-state index contributed by atoms with van der Waals surface area (Å²) < 4.78 is 22.5. The molecule has 0 fully saturated rings. The molecule has 0 bridgehead atoms. The Hall–Kier alpha value is -7.18. The molecule has 1 aliphatic rings. The third-order valence-corrected chi connectivity index (χ3v) is 13.4. The molecule has 6 aromatic rings. The molecule has 354 valence electrons. The van der Waals surface area contributed by atoms with Crippen molar-refractivity contribution in [1.29, 1.82) is 0 Å². The number of carbonyl (C=O) groups is 2. The number of fused-ring (bicyclic) bond motifs is 3. The first kappa shape index (κ1) is 49.7. The largest absolute Gasteiger partial charge is 0.494 e. The highest BCUT2D eigenvalue weighted by atomic mass is 16.5. The predicted octanol–water partition coefficient (Wildman–Crippen LogP) is 15.9. The van der Waals surface area contributed by atoms with Crippen LogP contribution in [0.25, 0.3) is 55.6 Å². The van der Waals surface area contributed by atoms with Gasteiger partial charge in [0, 0.05) is 18.3 Å². The van der Waals surface area contributed by atoms with Gasteiger partial charge in [0.2, 0.25) is 0 Å². The Bertz CT molecular complexity index is 2490. The molecule has 0 saturated carbocycles. The van der Waals surface area contributed by atoms with Crippen LogP contribution in [0.5, 0.6) is 11.5 Å². The Morgan fingerprint density at radius 1 is 0.435 bits per heavy atom. The van der Waals surface area contributed by atoms with Gasteiger partial charge in [0.15, 0.2) is 0 Å². The van der Waals surface area contributed by atoms with Gasteiger partial charge in [-0.25, -0.2) is 0 Å². The van der Waals surface area contributed by atoms with Gasteiger partial charge in [-0.3, -0.25) is 9.59 Å². The zero-order valence-corrected chi connectivity index (χ0v) is 40.4. The Labute approximate surface area is 410 Å². The van der Waals surface area contributed by atoms with Gasteiger partial charge in [0.05, 0.1) is 13.2 Å². The lowest BCUT2D eigenvalue weighted by Crippen LogP contribution is -2.23. The van der Waals surface area contributed by atoms with Crippen LogP contribution in [0.15, 0.2) is 184 Å². The highest BCUT2D eigenvalue weighted by molar-refractivity contribution is 5.86. The van der Waals surface area contributed by atoms with Crippen molar-refractivity contribution >= 4 is 11.9 Å². The number of hydrogen-bond donors (Lipinski definition) is 0. The number of ether oxygens (including phenoxy) is 4. The van der Waals surface area contributed by atoms with Crippen LogP contribution in [0.1, 0.15) is 89.2 Å². The maximum atomic E-state index is 12.0. The van der Waals surface area contributed by atoms with E-state index in [0.717, 1.165) is 85.1 Å². The zero-order valence-electron chi connectivity index (χ0n) is 40.4. The topological polar surface area (TPSA) is 71.1 Å². The SMILES string of the molecule is C=CC(C=C)OC(=O)CCCCCOc1ccc(-c2ccc(-c3ccc4c(c3)C(CC)(CC)c3cc(-c5ccc(-c6ccc(OCCCCCC(=O)OC(C=C)C=C)cc6)cc5)ccc3-4)cc2)cc1. The summed E-state index contributed by atoms with van der Waals surface area (Å²) in [6, 6.07) is 48.4. The molecule has 6 nitrogen and oxygen atoms in total. The standard InChI is InChI=1S/C63H66O6/c1-7-53(8-2)68-61(64)19-15-13-17-41-66-55-35-29-47(30-36-55)45-21-25-49(26-22-45)51-33-39-57-58-40-34-52(44-60(58)63(11-5,12-6)59(57)43-51)50-27-23-46(24-28-50)48-31-37-56(38-32-48)67-42-18-14-16-20-62(65)69-54(9-3)10-4/h7-10,21-40,43-44,53-54H,1-4,11-20,41-42H2,5-6H3. The Morgan fingerprint density at radius 3 is 1.06 bits per heavy atom. The van der Waals surface area contributed by atoms with Crippen molar-refractivity contribution in [1.82, 2.24) is 0 Å². The van der Waals surface area contributed by atoms with Gasteiger partial charge in [-0.1, -0.05) is 137 Å². The summed E-state index contributed by atoms with van der Waals surface area (Å²) in [6.07, 6.45) is 13.2. The van der Waals surface area contributed by atoms with E-state index in [2.05, 4.69) is 149 Å². The molecular formula is C63H66O6. The zero-order chi connectivity index (χ0) is 48.6. The Balaban J connectivity index is 0.928. The maximum Gasteiger partial charge on any atom is 0.306 e. The van der Waals surface area contributed by atoms with E-state index in [1.165, 1.54) is 44.5 Å². The molecule has 6 aromatic carbocycles. The van der Waals surface area contributed by atoms with Crippen LogP contribution < -0.4 is 9.47 Å². The van der Waals surface area contributed by atoms with E-state index >= 15 is 0 Å². The van der Waals surface area contributed by atoms with Gasteiger partial charge in [-0.15, -0.1) is 0 Å². The van der Waals surface area contributed by atoms with Crippen LogP contribution in [-0.4, -0.2) is 37.4 Å². The molecule has 7 rings (SSSR count). The second-order valence-electron chi connectivity index (χ2n) is 17.7. The van der Waals surface area contributed by atoms with Gasteiger partial charge < -0.3 is 18.9 Å². The van der Waals surface area contributed by atoms with Crippen LogP contribution in [0.2, 0.25) is 0 Å². The smallest absolute Gasteiger partial charge is 0.306 e. The van der Waals surface area contributed by atoms with Gasteiger partial charge in [0.1, 0.15) is 23.7 Å². The molecule has 6 heteroatoms. The first-order chi connectivity index (χ1) is 33.7. The number of rotatable bonds is 26. The van der Waals surface area contributed by atoms with E-state index in [1.54, 1.807) is 24.3 Å². The molecule has 0 aliphatic heterocycles. The van der Waals surface area contributed by atoms with Crippen LogP contribution in [0.4, 0.5) is 0 Å². The number of unbranched alkanes of at least 4 members (excludes halogenated alkanes) is 4. The van der Waals surface area contributed by atoms with E-state index in [9.17, 15) is 9.59 Å². The minimum Gasteiger partial charge on any atom is -0.494 e. The summed E-state index contributed by atoms with van der Waals surface area (Å²) in [7, 11) is 0. The summed E-state index contributed by atoms with van der Waals surface area (Å²) in [5.41, 5.74) is 14.9. The second kappa shape index (κ2) is 24.2. The van der Waals surface area contributed by atoms with Gasteiger partial charge in [-0.2, -0.15) is 0 Å². The highest BCUT2D eigenvalue weighted by Gasteiger charge is 2.41. The lowest BCUT2D eigenvalue weighted by atomic mass is 9.73. The van der Waals surface area contributed by atoms with Gasteiger partial charge >= 0.3 is 11.9 Å². The molecule has 0 spiro atoms. The van der Waals surface area contributed by atoms with Crippen molar-refractivity contribution in [2.75, 3.05) is 13.2 Å². The minimum atomic E-state index is -0.433. The molecular weight excluding hydrogens is 853 g/mol. The average molecular weight is 919 g/mol. The van der Waals surface area contributed by atoms with Crippen LogP contribution in [0.3, 0.4) is 0 Å². The molecule has 1 aliphatic carbocycles. The highest BCUT2D eigenvalue weighted by Crippen LogP contribution is 2.54. The monoisotopic (exact) mass is 918 g/mol. The fraction of sp³-hybridized carbons (Fsp3) is 0.270. The molecule has 0 atom stereocenters. The molecule has 0 unspecified atom stereocenters. The van der Waals surface area contributed by atoms with E-state index in [4.69, 9.17) is 18.9 Å². The Morgan fingerprint density at radius 2 is 0.739 bits per heavy atom. The predicted molar refractivity (Wildman–Crippen MR) is 283 cm³/mol. The third kappa shape index (κ3) is 12.3. The number of hydrogen-bond acceptors (Lipinski definition) is 6. The van der Waals surface area contributed by atoms with Gasteiger partial charge in [-0.05, 0) is 179 Å². The molecule has 0 saturated heterocycles. The minimum absolute atomic E-state index is 0.0756. The summed E-state index contributed by atoms with van der Waals surface area (Å²) in [5.74, 6) is 1.21. The summed E-state index contributed by atoms with van der Waals surface area (Å²) in [4.78, 5) is 23.9. The normalized spacial score (nSPS) is 12.2. The van der Waals surface area contributed by atoms with E-state index in [1.807, 2.05) is 24.3 Å². The van der Waals surface area contributed by atoms with Crippen molar-refractivity contribution in [2.24, 2.45) is 0 Å². The van der Waals surface area contributed by atoms with Crippen LogP contribution >= 0.6 is 0 Å². The molecule has 0 heterocycles. The quantitative estimate of drug-likeness (QED) is 0.0307. The second-order valence-corrected chi connectivity index (χ2v) is 17.7. The first-order valence-corrected chi connectivity index (χ1v) is 24.6. The van der Waals surface area contributed by atoms with Crippen LogP contribution in [0, 0.1) is 0 Å². The van der Waals surface area contributed by atoms with Crippen molar-refractivity contribution in [3.63, 3.8) is 0 Å². The first-order valence-electron chi connectivity index (χ1n) is 24.6. The average Bonchev–Trinajstić information content (AvgIpc) is 3.68. The summed E-state index contributed by atoms with van der Waals surface area (Å²) >= 11 is 0. The maximum absolute atomic E-state index is 12.0. The van der Waals surface area contributed by atoms with E-state index < -0.39 is 12.2 Å². The molecule has 0 aromatic heterocycles. The molecule has 0 radical (unpaired) electrons. The fourth-order valence-corrected chi connectivity index (χ4v) is 9.35. The lowest BCUT2D eigenvalue weighted by molar-refractivity contribution is -0.146. The molecule has 0 N–H and O–H groups in total. The summed E-state index contributed by atoms with van der Waals surface area (Å²) in [5, 5.41) is 0. The number of benzene rings is 6.